The molecule has 3 aromatic rings. The van der Waals surface area contributed by atoms with Crippen molar-refractivity contribution in [3.63, 3.8) is 0 Å². The zero-order valence-corrected chi connectivity index (χ0v) is 18.3. The van der Waals surface area contributed by atoms with Crippen LogP contribution in [0, 0.1) is 6.92 Å². The van der Waals surface area contributed by atoms with E-state index < -0.39 is 5.60 Å². The van der Waals surface area contributed by atoms with E-state index in [0.29, 0.717) is 24.8 Å². The highest BCUT2D eigenvalue weighted by Gasteiger charge is 2.33. The second-order valence-electron chi connectivity index (χ2n) is 8.79. The molecule has 0 saturated carbocycles. The maximum atomic E-state index is 12.3. The Hall–Kier alpha value is -3.42. The third kappa shape index (κ3) is 5.20. The molecule has 1 N–H and O–H groups in total. The van der Waals surface area contributed by atoms with Crippen LogP contribution in [0.5, 0.6) is 0 Å². The van der Waals surface area contributed by atoms with Crippen molar-refractivity contribution >= 4 is 17.6 Å². The Labute approximate surface area is 181 Å². The Kier molecular flexibility index (Phi) is 5.63. The number of aryl methyl sites for hydroxylation is 1. The SMILES string of the molecule is Cc1ccc(Nc2ccc(-c3noc([C@@H]4CCN(C(=O)OC(C)(C)C)C4)n3)cn2)cc1. The van der Waals surface area contributed by atoms with Crippen molar-refractivity contribution in [1.82, 2.24) is 20.0 Å². The van der Waals surface area contributed by atoms with E-state index in [9.17, 15) is 4.79 Å². The third-order valence-electron chi connectivity index (χ3n) is 4.98. The summed E-state index contributed by atoms with van der Waals surface area (Å²) in [5.41, 5.74) is 2.44. The van der Waals surface area contributed by atoms with Gasteiger partial charge in [-0.25, -0.2) is 9.78 Å². The summed E-state index contributed by atoms with van der Waals surface area (Å²) in [6, 6.07) is 11.9. The number of carbonyl (C=O) groups excluding carboxylic acids is 1. The fourth-order valence-corrected chi connectivity index (χ4v) is 3.36. The highest BCUT2D eigenvalue weighted by molar-refractivity contribution is 5.68. The molecule has 0 unspecified atom stereocenters. The van der Waals surface area contributed by atoms with Crippen LogP contribution in [-0.4, -0.2) is 44.8 Å². The van der Waals surface area contributed by atoms with E-state index in [-0.39, 0.29) is 12.0 Å². The molecule has 1 aromatic carbocycles. The lowest BCUT2D eigenvalue weighted by Crippen LogP contribution is -2.35. The van der Waals surface area contributed by atoms with Gasteiger partial charge in [-0.3, -0.25) is 0 Å². The first-order valence-electron chi connectivity index (χ1n) is 10.4. The maximum Gasteiger partial charge on any atom is 0.410 e. The van der Waals surface area contributed by atoms with E-state index in [1.807, 2.05) is 57.2 Å². The van der Waals surface area contributed by atoms with Gasteiger partial charge in [0.15, 0.2) is 0 Å². The standard InChI is InChI=1S/C23H27N5O3/c1-15-5-8-18(9-6-15)25-19-10-7-16(13-24-19)20-26-21(31-27-20)17-11-12-28(14-17)22(29)30-23(2,3)4/h5-10,13,17H,11-12,14H2,1-4H3,(H,24,25)/t17-/m1/s1. The summed E-state index contributed by atoms with van der Waals surface area (Å²) in [5, 5.41) is 7.37. The quantitative estimate of drug-likeness (QED) is 0.640. The Balaban J connectivity index is 1.38. The van der Waals surface area contributed by atoms with Gasteiger partial charge in [0.2, 0.25) is 11.7 Å². The zero-order chi connectivity index (χ0) is 22.0. The van der Waals surface area contributed by atoms with Gasteiger partial charge < -0.3 is 19.5 Å². The van der Waals surface area contributed by atoms with Gasteiger partial charge in [0.1, 0.15) is 11.4 Å². The number of ether oxygens (including phenoxy) is 1. The molecular weight excluding hydrogens is 394 g/mol. The van der Waals surface area contributed by atoms with Gasteiger partial charge >= 0.3 is 6.09 Å². The van der Waals surface area contributed by atoms with Crippen LogP contribution in [-0.2, 0) is 4.74 Å². The van der Waals surface area contributed by atoms with Crippen LogP contribution >= 0.6 is 0 Å². The van der Waals surface area contributed by atoms with Crippen LogP contribution < -0.4 is 5.32 Å². The molecule has 162 valence electrons. The lowest BCUT2D eigenvalue weighted by Gasteiger charge is -2.24. The molecule has 1 aliphatic rings. The van der Waals surface area contributed by atoms with Gasteiger partial charge in [0, 0.05) is 30.5 Å². The Morgan fingerprint density at radius 3 is 2.65 bits per heavy atom. The number of anilines is 2. The van der Waals surface area contributed by atoms with Crippen molar-refractivity contribution < 1.29 is 14.1 Å². The summed E-state index contributed by atoms with van der Waals surface area (Å²) in [7, 11) is 0. The second-order valence-corrected chi connectivity index (χ2v) is 8.79. The first kappa shape index (κ1) is 20.8. The molecule has 8 heteroatoms. The molecule has 0 spiro atoms. The van der Waals surface area contributed by atoms with Crippen LogP contribution in [0.4, 0.5) is 16.3 Å². The maximum absolute atomic E-state index is 12.3. The topological polar surface area (TPSA) is 93.4 Å². The number of hydrogen-bond acceptors (Lipinski definition) is 7. The molecule has 0 aliphatic carbocycles. The third-order valence-corrected chi connectivity index (χ3v) is 4.98. The molecule has 1 fully saturated rings. The van der Waals surface area contributed by atoms with Crippen LogP contribution in [0.1, 0.15) is 44.6 Å². The highest BCUT2D eigenvalue weighted by Crippen LogP contribution is 2.29. The number of amides is 1. The van der Waals surface area contributed by atoms with Crippen LogP contribution in [0.3, 0.4) is 0 Å². The van der Waals surface area contributed by atoms with Gasteiger partial charge in [-0.15, -0.1) is 0 Å². The number of nitrogens with zero attached hydrogens (tertiary/aromatic N) is 4. The summed E-state index contributed by atoms with van der Waals surface area (Å²) < 4.78 is 10.9. The first-order chi connectivity index (χ1) is 14.8. The Bertz CT molecular complexity index is 1040. The normalized spacial score (nSPS) is 16.4. The van der Waals surface area contributed by atoms with E-state index in [1.165, 1.54) is 5.56 Å². The lowest BCUT2D eigenvalue weighted by molar-refractivity contribution is 0.0291. The number of aromatic nitrogens is 3. The predicted molar refractivity (Wildman–Crippen MR) is 117 cm³/mol. The molecule has 0 radical (unpaired) electrons. The van der Waals surface area contributed by atoms with Gasteiger partial charge in [-0.2, -0.15) is 4.98 Å². The van der Waals surface area contributed by atoms with E-state index in [1.54, 1.807) is 11.1 Å². The molecule has 4 rings (SSSR count). The average molecular weight is 422 g/mol. The van der Waals surface area contributed by atoms with E-state index in [0.717, 1.165) is 23.5 Å². The fourth-order valence-electron chi connectivity index (χ4n) is 3.36. The Morgan fingerprint density at radius 2 is 1.97 bits per heavy atom. The molecule has 1 aliphatic heterocycles. The van der Waals surface area contributed by atoms with Crippen LogP contribution in [0.15, 0.2) is 47.1 Å². The van der Waals surface area contributed by atoms with Gasteiger partial charge in [-0.05, 0) is 58.4 Å². The minimum Gasteiger partial charge on any atom is -0.444 e. The summed E-state index contributed by atoms with van der Waals surface area (Å²) >= 11 is 0. The number of carbonyl (C=O) groups is 1. The summed E-state index contributed by atoms with van der Waals surface area (Å²) in [4.78, 5) is 22.9. The number of rotatable bonds is 4. The largest absolute Gasteiger partial charge is 0.444 e. The smallest absolute Gasteiger partial charge is 0.410 e. The van der Waals surface area contributed by atoms with Crippen LogP contribution in [0.2, 0.25) is 0 Å². The number of hydrogen-bond donors (Lipinski definition) is 1. The van der Waals surface area contributed by atoms with Gasteiger partial charge in [-0.1, -0.05) is 22.9 Å². The molecular formula is C23H27N5O3. The summed E-state index contributed by atoms with van der Waals surface area (Å²) in [6.07, 6.45) is 2.17. The Morgan fingerprint density at radius 1 is 1.19 bits per heavy atom. The molecule has 1 amide bonds. The lowest BCUT2D eigenvalue weighted by atomic mass is 10.1. The molecule has 31 heavy (non-hydrogen) atoms. The molecule has 8 nitrogen and oxygen atoms in total. The van der Waals surface area contributed by atoms with E-state index >= 15 is 0 Å². The highest BCUT2D eigenvalue weighted by atomic mass is 16.6. The predicted octanol–water partition coefficient (Wildman–Crippen LogP) is 4.91. The second kappa shape index (κ2) is 8.37. The van der Waals surface area contributed by atoms with Gasteiger partial charge in [0.25, 0.3) is 0 Å². The molecule has 1 atom stereocenters. The average Bonchev–Trinajstić information content (AvgIpc) is 3.39. The van der Waals surface area contributed by atoms with Crippen molar-refractivity contribution in [2.24, 2.45) is 0 Å². The zero-order valence-electron chi connectivity index (χ0n) is 18.3. The molecule has 1 saturated heterocycles. The van der Waals surface area contributed by atoms with E-state index in [4.69, 9.17) is 9.26 Å². The van der Waals surface area contributed by atoms with Gasteiger partial charge in [0.05, 0.1) is 5.92 Å². The van der Waals surface area contributed by atoms with Crippen LogP contribution in [0.25, 0.3) is 11.4 Å². The molecule has 3 heterocycles. The van der Waals surface area contributed by atoms with Crippen molar-refractivity contribution in [2.45, 2.75) is 45.6 Å². The summed E-state index contributed by atoms with van der Waals surface area (Å²) in [5.74, 6) is 1.76. The number of pyridine rings is 1. The minimum atomic E-state index is -0.514. The number of nitrogens with one attached hydrogen (secondary N) is 1. The first-order valence-corrected chi connectivity index (χ1v) is 10.4. The van der Waals surface area contributed by atoms with Crippen molar-refractivity contribution in [3.8, 4) is 11.4 Å². The van der Waals surface area contributed by atoms with E-state index in [2.05, 4.69) is 27.4 Å². The minimum absolute atomic E-state index is 0.00389. The number of likely N-dealkylation sites (tertiary alicyclic amines) is 1. The monoisotopic (exact) mass is 421 g/mol. The fraction of sp³-hybridized carbons (Fsp3) is 0.391. The number of benzene rings is 1. The summed E-state index contributed by atoms with van der Waals surface area (Å²) in [6.45, 7) is 8.75. The van der Waals surface area contributed by atoms with Crippen molar-refractivity contribution in [3.05, 3.63) is 54.0 Å². The van der Waals surface area contributed by atoms with Crippen molar-refractivity contribution in [2.75, 3.05) is 18.4 Å². The molecule has 2 aromatic heterocycles. The molecule has 0 bridgehead atoms. The van der Waals surface area contributed by atoms with Crippen molar-refractivity contribution in [1.29, 1.82) is 0 Å².